The van der Waals surface area contributed by atoms with E-state index in [2.05, 4.69) is 63.8 Å². The Morgan fingerprint density at radius 1 is 0.963 bits per heavy atom. The summed E-state index contributed by atoms with van der Waals surface area (Å²) < 4.78 is 0. The number of benzene rings is 2. The van der Waals surface area contributed by atoms with Crippen LogP contribution in [-0.2, 0) is 6.42 Å². The van der Waals surface area contributed by atoms with Gasteiger partial charge in [-0.2, -0.15) is 0 Å². The number of aromatic nitrogens is 3. The van der Waals surface area contributed by atoms with Crippen molar-refractivity contribution in [1.29, 1.82) is 0 Å². The summed E-state index contributed by atoms with van der Waals surface area (Å²) in [6.45, 7) is 2.94. The fourth-order valence-electron chi connectivity index (χ4n) is 3.66. The number of aryl methyl sites for hydroxylation is 1. The lowest BCUT2D eigenvalue weighted by atomic mass is 10.0. The Morgan fingerprint density at radius 3 is 2.59 bits per heavy atom. The highest BCUT2D eigenvalue weighted by Crippen LogP contribution is 2.36. The van der Waals surface area contributed by atoms with Gasteiger partial charge in [-0.25, -0.2) is 9.97 Å². The third-order valence-electron chi connectivity index (χ3n) is 4.80. The van der Waals surface area contributed by atoms with Gasteiger partial charge in [0.25, 0.3) is 0 Å². The van der Waals surface area contributed by atoms with Crippen LogP contribution >= 0.6 is 12.4 Å². The summed E-state index contributed by atoms with van der Waals surface area (Å²) in [5.74, 6) is 0.796. The highest BCUT2D eigenvalue weighted by Gasteiger charge is 2.19. The molecule has 0 bridgehead atoms. The number of H-pyrrole nitrogens is 1. The van der Waals surface area contributed by atoms with E-state index in [9.17, 15) is 0 Å². The van der Waals surface area contributed by atoms with Gasteiger partial charge in [-0.3, -0.25) is 0 Å². The highest BCUT2D eigenvalue weighted by molar-refractivity contribution is 5.94. The summed E-state index contributed by atoms with van der Waals surface area (Å²) in [4.78, 5) is 13.0. The van der Waals surface area contributed by atoms with Crippen molar-refractivity contribution in [2.45, 2.75) is 13.3 Å². The first-order chi connectivity index (χ1) is 12.3. The number of anilines is 1. The Balaban J connectivity index is 0.00000105. The molecule has 1 aliphatic rings. The van der Waals surface area contributed by atoms with Gasteiger partial charge >= 0.3 is 0 Å². The topological polar surface area (TPSA) is 85.1 Å². The molecule has 1 aliphatic heterocycles. The maximum absolute atomic E-state index is 4.79. The van der Waals surface area contributed by atoms with Crippen molar-refractivity contribution >= 4 is 29.1 Å². The molecule has 6 heteroatoms. The van der Waals surface area contributed by atoms with Crippen LogP contribution in [0.3, 0.4) is 0 Å². The minimum Gasteiger partial charge on any atom is -0.412 e. The zero-order valence-corrected chi connectivity index (χ0v) is 15.7. The van der Waals surface area contributed by atoms with E-state index < -0.39 is 0 Å². The van der Waals surface area contributed by atoms with E-state index in [4.69, 9.17) is 4.98 Å². The summed E-state index contributed by atoms with van der Waals surface area (Å²) in [5.41, 5.74) is 8.94. The monoisotopic (exact) mass is 380 g/mol. The molecule has 3 heterocycles. The molecule has 27 heavy (non-hydrogen) atoms. The minimum absolute atomic E-state index is 0. The van der Waals surface area contributed by atoms with Crippen LogP contribution in [0.2, 0.25) is 0 Å². The van der Waals surface area contributed by atoms with E-state index in [1.54, 1.807) is 0 Å². The van der Waals surface area contributed by atoms with Gasteiger partial charge in [0.1, 0.15) is 5.82 Å². The van der Waals surface area contributed by atoms with Crippen LogP contribution < -0.4 is 5.32 Å². The van der Waals surface area contributed by atoms with E-state index >= 15 is 0 Å². The minimum atomic E-state index is 0. The van der Waals surface area contributed by atoms with Crippen molar-refractivity contribution in [3.05, 3.63) is 66.0 Å². The van der Waals surface area contributed by atoms with Crippen molar-refractivity contribution in [1.82, 2.24) is 15.0 Å². The largest absolute Gasteiger partial charge is 0.412 e. The van der Waals surface area contributed by atoms with Crippen LogP contribution in [-0.4, -0.2) is 27.0 Å². The Morgan fingerprint density at radius 2 is 1.78 bits per heavy atom. The van der Waals surface area contributed by atoms with Crippen LogP contribution in [0, 0.1) is 6.92 Å². The van der Waals surface area contributed by atoms with Gasteiger partial charge < -0.3 is 15.8 Å². The second-order valence-corrected chi connectivity index (χ2v) is 6.44. The fourth-order valence-corrected chi connectivity index (χ4v) is 3.66. The SMILES string of the molecule is Cc1nc(-c2cccc3c2CCN3)c2[nH]c(-c3ccccc3)cc2n1.Cl.O. The molecule has 0 amide bonds. The third kappa shape index (κ3) is 3.16. The number of halogens is 1. The van der Waals surface area contributed by atoms with Gasteiger partial charge in [-0.05, 0) is 36.6 Å². The van der Waals surface area contributed by atoms with E-state index in [0.29, 0.717) is 0 Å². The quantitative estimate of drug-likeness (QED) is 0.547. The van der Waals surface area contributed by atoms with Gasteiger partial charge in [-0.15, -0.1) is 12.4 Å². The molecule has 0 radical (unpaired) electrons. The number of nitrogens with zero attached hydrogens (tertiary/aromatic N) is 2. The van der Waals surface area contributed by atoms with E-state index in [1.807, 2.05) is 13.0 Å². The molecule has 2 aromatic heterocycles. The van der Waals surface area contributed by atoms with Crippen molar-refractivity contribution in [2.24, 2.45) is 0 Å². The van der Waals surface area contributed by atoms with Gasteiger partial charge in [0, 0.05) is 23.5 Å². The number of rotatable bonds is 2. The van der Waals surface area contributed by atoms with Crippen molar-refractivity contribution in [2.75, 3.05) is 11.9 Å². The molecule has 0 saturated heterocycles. The summed E-state index contributed by atoms with van der Waals surface area (Å²) in [6, 6.07) is 18.9. The summed E-state index contributed by atoms with van der Waals surface area (Å²) in [7, 11) is 0. The van der Waals surface area contributed by atoms with Crippen LogP contribution in [0.25, 0.3) is 33.5 Å². The second-order valence-electron chi connectivity index (χ2n) is 6.44. The van der Waals surface area contributed by atoms with Gasteiger partial charge in [0.15, 0.2) is 0 Å². The zero-order valence-electron chi connectivity index (χ0n) is 14.9. The maximum Gasteiger partial charge on any atom is 0.126 e. The molecule has 0 atom stereocenters. The Bertz CT molecular complexity index is 1090. The average molecular weight is 381 g/mol. The van der Waals surface area contributed by atoms with Crippen LogP contribution in [0.1, 0.15) is 11.4 Å². The summed E-state index contributed by atoms with van der Waals surface area (Å²) in [6.07, 6.45) is 1.03. The normalized spacial score (nSPS) is 12.0. The summed E-state index contributed by atoms with van der Waals surface area (Å²) in [5, 5.41) is 3.45. The molecule has 0 unspecified atom stereocenters. The molecule has 0 spiro atoms. The third-order valence-corrected chi connectivity index (χ3v) is 4.80. The lowest BCUT2D eigenvalue weighted by Gasteiger charge is -2.09. The molecule has 0 fully saturated rings. The number of hydrogen-bond donors (Lipinski definition) is 2. The number of fused-ring (bicyclic) bond motifs is 2. The van der Waals surface area contributed by atoms with Crippen LogP contribution in [0.4, 0.5) is 5.69 Å². The highest BCUT2D eigenvalue weighted by atomic mass is 35.5. The molecular weight excluding hydrogens is 360 g/mol. The fraction of sp³-hybridized carbons (Fsp3) is 0.143. The molecular formula is C21H21ClN4O. The van der Waals surface area contributed by atoms with Crippen molar-refractivity contribution in [3.63, 3.8) is 0 Å². The van der Waals surface area contributed by atoms with Gasteiger partial charge in [-0.1, -0.05) is 42.5 Å². The van der Waals surface area contributed by atoms with Gasteiger partial charge in [0.05, 0.1) is 16.7 Å². The predicted octanol–water partition coefficient (Wildman–Crippen LogP) is 4.17. The standard InChI is InChI=1S/C21H18N4.ClH.H2O/c1-13-23-19-12-18(14-6-3-2-4-7-14)25-21(19)20(24-13)16-8-5-9-17-15(16)10-11-22-17;;/h2-9,12,22,25H,10-11H2,1H3;1H;1H2. The molecule has 0 aliphatic carbocycles. The average Bonchev–Trinajstić information content (AvgIpc) is 3.28. The Kier molecular flexibility index (Phi) is 5.17. The molecule has 4 aromatic rings. The smallest absolute Gasteiger partial charge is 0.126 e. The first kappa shape index (κ1) is 18.9. The second kappa shape index (κ2) is 7.39. The molecule has 2 aromatic carbocycles. The lowest BCUT2D eigenvalue weighted by molar-refractivity contribution is 0.824. The molecule has 4 N–H and O–H groups in total. The van der Waals surface area contributed by atoms with Crippen molar-refractivity contribution in [3.8, 4) is 22.5 Å². The Labute approximate surface area is 163 Å². The Hall–Kier alpha value is -2.89. The lowest BCUT2D eigenvalue weighted by Crippen LogP contribution is -1.95. The van der Waals surface area contributed by atoms with E-state index in [-0.39, 0.29) is 17.9 Å². The van der Waals surface area contributed by atoms with E-state index in [1.165, 1.54) is 16.8 Å². The summed E-state index contributed by atoms with van der Waals surface area (Å²) >= 11 is 0. The molecule has 138 valence electrons. The zero-order chi connectivity index (χ0) is 16.8. The molecule has 5 nitrogen and oxygen atoms in total. The van der Waals surface area contributed by atoms with Crippen LogP contribution in [0.5, 0.6) is 0 Å². The van der Waals surface area contributed by atoms with E-state index in [0.717, 1.165) is 46.8 Å². The van der Waals surface area contributed by atoms with Crippen LogP contribution in [0.15, 0.2) is 54.6 Å². The number of hydrogen-bond acceptors (Lipinski definition) is 3. The first-order valence-corrected chi connectivity index (χ1v) is 8.58. The van der Waals surface area contributed by atoms with Crippen molar-refractivity contribution < 1.29 is 5.48 Å². The number of aromatic amines is 1. The predicted molar refractivity (Wildman–Crippen MR) is 113 cm³/mol. The number of nitrogens with one attached hydrogen (secondary N) is 2. The molecule has 5 rings (SSSR count). The molecule has 0 saturated carbocycles. The van der Waals surface area contributed by atoms with Gasteiger partial charge in [0.2, 0.25) is 0 Å². The first-order valence-electron chi connectivity index (χ1n) is 8.58. The maximum atomic E-state index is 4.79.